The third-order valence-electron chi connectivity index (χ3n) is 3.66. The molecule has 0 aromatic heterocycles. The summed E-state index contributed by atoms with van der Waals surface area (Å²) in [6.07, 6.45) is 4.66. The van der Waals surface area contributed by atoms with Gasteiger partial charge >= 0.3 is 5.97 Å². The van der Waals surface area contributed by atoms with Crippen LogP contribution in [0.4, 0.5) is 0 Å². The maximum absolute atomic E-state index is 12.1. The van der Waals surface area contributed by atoms with Crippen molar-refractivity contribution in [1.29, 1.82) is 0 Å². The van der Waals surface area contributed by atoms with Crippen LogP contribution in [0.25, 0.3) is 6.08 Å². The van der Waals surface area contributed by atoms with Crippen LogP contribution < -0.4 is 5.32 Å². The smallest absolute Gasteiger partial charge is 0.328 e. The van der Waals surface area contributed by atoms with Crippen molar-refractivity contribution in [3.05, 3.63) is 41.0 Å². The lowest BCUT2D eigenvalue weighted by Gasteiger charge is -2.33. The first-order chi connectivity index (χ1) is 9.45. The van der Waals surface area contributed by atoms with E-state index in [0.717, 1.165) is 30.0 Å². The van der Waals surface area contributed by atoms with E-state index >= 15 is 0 Å². The van der Waals surface area contributed by atoms with Gasteiger partial charge in [0.1, 0.15) is 0 Å². The van der Waals surface area contributed by atoms with Crippen molar-refractivity contribution in [1.82, 2.24) is 5.32 Å². The van der Waals surface area contributed by atoms with Crippen LogP contribution >= 0.6 is 0 Å². The van der Waals surface area contributed by atoms with Gasteiger partial charge in [0.2, 0.25) is 0 Å². The summed E-state index contributed by atoms with van der Waals surface area (Å²) in [5.41, 5.74) is 2.26. The molecule has 2 N–H and O–H groups in total. The van der Waals surface area contributed by atoms with Gasteiger partial charge in [-0.05, 0) is 55.0 Å². The summed E-state index contributed by atoms with van der Waals surface area (Å²) >= 11 is 0. The first-order valence-electron chi connectivity index (χ1n) is 6.78. The van der Waals surface area contributed by atoms with Crippen molar-refractivity contribution < 1.29 is 14.7 Å². The van der Waals surface area contributed by atoms with Crippen LogP contribution in [0.3, 0.4) is 0 Å². The number of carbonyl (C=O) groups is 2. The van der Waals surface area contributed by atoms with Crippen LogP contribution in [0, 0.1) is 12.8 Å². The maximum Gasteiger partial charge on any atom is 0.328 e. The van der Waals surface area contributed by atoms with Gasteiger partial charge < -0.3 is 10.4 Å². The Morgan fingerprint density at radius 2 is 2.05 bits per heavy atom. The number of aliphatic carboxylic acids is 1. The third kappa shape index (κ3) is 3.47. The van der Waals surface area contributed by atoms with Crippen LogP contribution in [0.1, 0.15) is 41.3 Å². The molecular formula is C16H19NO3. The molecule has 2 rings (SSSR count). The molecule has 0 heterocycles. The first kappa shape index (κ1) is 14.3. The van der Waals surface area contributed by atoms with E-state index in [1.165, 1.54) is 6.08 Å². The van der Waals surface area contributed by atoms with Gasteiger partial charge in [-0.15, -0.1) is 0 Å². The molecule has 1 aliphatic rings. The molecule has 1 amide bonds. The molecular weight excluding hydrogens is 254 g/mol. The summed E-state index contributed by atoms with van der Waals surface area (Å²) in [5, 5.41) is 11.7. The van der Waals surface area contributed by atoms with Crippen molar-refractivity contribution in [2.24, 2.45) is 5.92 Å². The number of hydrogen-bond donors (Lipinski definition) is 2. The number of nitrogens with one attached hydrogen (secondary N) is 1. The fourth-order valence-corrected chi connectivity index (χ4v) is 2.41. The number of carboxylic acid groups (broad SMARTS) is 1. The summed E-state index contributed by atoms with van der Waals surface area (Å²) < 4.78 is 0. The average Bonchev–Trinajstić information content (AvgIpc) is 2.35. The van der Waals surface area contributed by atoms with Crippen molar-refractivity contribution in [3.8, 4) is 0 Å². The van der Waals surface area contributed by atoms with Crippen LogP contribution in [-0.4, -0.2) is 23.0 Å². The standard InChI is InChI=1S/C16H19NO3/c1-10-7-14(8-10)17-16(20)13-4-3-11(2)12(9-13)5-6-15(18)19/h3-6,9-10,14H,7-8H2,1-2H3,(H,17,20)(H,18,19)/b6-5+. The number of benzene rings is 1. The highest BCUT2D eigenvalue weighted by Crippen LogP contribution is 2.26. The third-order valence-corrected chi connectivity index (χ3v) is 3.66. The van der Waals surface area contributed by atoms with Gasteiger partial charge in [0.05, 0.1) is 0 Å². The van der Waals surface area contributed by atoms with Crippen LogP contribution in [0.15, 0.2) is 24.3 Å². The molecule has 0 bridgehead atoms. The quantitative estimate of drug-likeness (QED) is 0.829. The summed E-state index contributed by atoms with van der Waals surface area (Å²) in [5.74, 6) is -0.401. The van der Waals surface area contributed by atoms with E-state index in [9.17, 15) is 9.59 Å². The highest BCUT2D eigenvalue weighted by molar-refractivity contribution is 5.95. The summed E-state index contributed by atoms with van der Waals surface area (Å²) in [4.78, 5) is 22.7. The molecule has 4 nitrogen and oxygen atoms in total. The molecule has 0 atom stereocenters. The first-order valence-corrected chi connectivity index (χ1v) is 6.78. The maximum atomic E-state index is 12.1. The van der Waals surface area contributed by atoms with E-state index in [2.05, 4.69) is 12.2 Å². The molecule has 106 valence electrons. The molecule has 0 radical (unpaired) electrons. The lowest BCUT2D eigenvalue weighted by molar-refractivity contribution is -0.131. The fraction of sp³-hybridized carbons (Fsp3) is 0.375. The molecule has 0 spiro atoms. The molecule has 0 unspecified atom stereocenters. The summed E-state index contributed by atoms with van der Waals surface area (Å²) in [7, 11) is 0. The van der Waals surface area contributed by atoms with Gasteiger partial charge in [-0.25, -0.2) is 4.79 Å². The Labute approximate surface area is 118 Å². The molecule has 1 saturated carbocycles. The molecule has 1 fully saturated rings. The van der Waals surface area contributed by atoms with Crippen molar-refractivity contribution in [2.75, 3.05) is 0 Å². The Kier molecular flexibility index (Phi) is 4.23. The predicted octanol–water partition coefficient (Wildman–Crippen LogP) is 2.62. The Bertz CT molecular complexity index is 557. The lowest BCUT2D eigenvalue weighted by atomic mass is 9.82. The van der Waals surface area contributed by atoms with Crippen molar-refractivity contribution in [3.63, 3.8) is 0 Å². The summed E-state index contributed by atoms with van der Waals surface area (Å²) in [6.45, 7) is 4.06. The largest absolute Gasteiger partial charge is 0.478 e. The zero-order valence-corrected chi connectivity index (χ0v) is 11.7. The number of carbonyl (C=O) groups excluding carboxylic acids is 1. The number of carboxylic acids is 1. The molecule has 0 saturated heterocycles. The van der Waals surface area contributed by atoms with Crippen LogP contribution in [0.5, 0.6) is 0 Å². The Hall–Kier alpha value is -2.10. The Morgan fingerprint density at radius 1 is 1.35 bits per heavy atom. The second-order valence-corrected chi connectivity index (χ2v) is 5.49. The van der Waals surface area contributed by atoms with Gasteiger partial charge in [0.15, 0.2) is 0 Å². The zero-order chi connectivity index (χ0) is 14.7. The molecule has 4 heteroatoms. The second-order valence-electron chi connectivity index (χ2n) is 5.49. The highest BCUT2D eigenvalue weighted by Gasteiger charge is 2.26. The SMILES string of the molecule is Cc1ccc(C(=O)NC2CC(C)C2)cc1/C=C/C(=O)O. The van der Waals surface area contributed by atoms with Crippen molar-refractivity contribution in [2.45, 2.75) is 32.7 Å². The minimum absolute atomic E-state index is 0.0909. The van der Waals surface area contributed by atoms with E-state index < -0.39 is 5.97 Å². The van der Waals surface area contributed by atoms with Gasteiger partial charge in [0.25, 0.3) is 5.91 Å². The molecule has 20 heavy (non-hydrogen) atoms. The fourth-order valence-electron chi connectivity index (χ4n) is 2.41. The average molecular weight is 273 g/mol. The van der Waals surface area contributed by atoms with Gasteiger partial charge in [0, 0.05) is 17.7 Å². The highest BCUT2D eigenvalue weighted by atomic mass is 16.4. The minimum atomic E-state index is -0.997. The topological polar surface area (TPSA) is 66.4 Å². The minimum Gasteiger partial charge on any atom is -0.478 e. The number of aryl methyl sites for hydroxylation is 1. The van der Waals surface area contributed by atoms with E-state index in [1.54, 1.807) is 12.1 Å². The van der Waals surface area contributed by atoms with E-state index in [4.69, 9.17) is 5.11 Å². The van der Waals surface area contributed by atoms with Gasteiger partial charge in [-0.2, -0.15) is 0 Å². The second kappa shape index (κ2) is 5.90. The van der Waals surface area contributed by atoms with Crippen LogP contribution in [-0.2, 0) is 4.79 Å². The van der Waals surface area contributed by atoms with E-state index in [0.29, 0.717) is 11.5 Å². The normalized spacial score (nSPS) is 21.5. The molecule has 0 aliphatic heterocycles. The van der Waals surface area contributed by atoms with Gasteiger partial charge in [-0.3, -0.25) is 4.79 Å². The van der Waals surface area contributed by atoms with Crippen molar-refractivity contribution >= 4 is 18.0 Å². The van der Waals surface area contributed by atoms with Crippen LogP contribution in [0.2, 0.25) is 0 Å². The Morgan fingerprint density at radius 3 is 2.65 bits per heavy atom. The molecule has 1 aromatic rings. The lowest BCUT2D eigenvalue weighted by Crippen LogP contribution is -2.43. The summed E-state index contributed by atoms with van der Waals surface area (Å²) in [6, 6.07) is 5.61. The number of rotatable bonds is 4. The predicted molar refractivity (Wildman–Crippen MR) is 77.5 cm³/mol. The molecule has 1 aromatic carbocycles. The number of hydrogen-bond acceptors (Lipinski definition) is 2. The van der Waals surface area contributed by atoms with E-state index in [1.807, 2.05) is 13.0 Å². The van der Waals surface area contributed by atoms with Gasteiger partial charge in [-0.1, -0.05) is 13.0 Å². The zero-order valence-electron chi connectivity index (χ0n) is 11.7. The molecule has 1 aliphatic carbocycles. The number of amides is 1. The van der Waals surface area contributed by atoms with E-state index in [-0.39, 0.29) is 11.9 Å². The Balaban J connectivity index is 2.10. The monoisotopic (exact) mass is 273 g/mol.